The van der Waals surface area contributed by atoms with Gasteiger partial charge in [-0.25, -0.2) is 0 Å². The zero-order chi connectivity index (χ0) is 13.9. The molecule has 0 radical (unpaired) electrons. The lowest BCUT2D eigenvalue weighted by atomic mass is 9.69. The van der Waals surface area contributed by atoms with E-state index in [1.54, 1.807) is 0 Å². The van der Waals surface area contributed by atoms with Crippen LogP contribution in [0.3, 0.4) is 0 Å². The Morgan fingerprint density at radius 1 is 1.42 bits per heavy atom. The maximum absolute atomic E-state index is 6.17. The number of nitrogens with two attached hydrogens (primary N) is 1. The van der Waals surface area contributed by atoms with Gasteiger partial charge < -0.3 is 5.73 Å². The fraction of sp³-hybridized carbons (Fsp3) is 0.688. The summed E-state index contributed by atoms with van der Waals surface area (Å²) < 4.78 is 0. The molecule has 0 aromatic carbocycles. The van der Waals surface area contributed by atoms with E-state index in [1.165, 1.54) is 19.3 Å². The Kier molecular flexibility index (Phi) is 4.58. The highest BCUT2D eigenvalue weighted by atomic mass is 15.2. The molecule has 3 unspecified atom stereocenters. The van der Waals surface area contributed by atoms with Gasteiger partial charge in [-0.1, -0.05) is 19.9 Å². The van der Waals surface area contributed by atoms with Crippen LogP contribution in [0, 0.1) is 11.8 Å². The number of hydrogen-bond donors (Lipinski definition) is 1. The molecule has 1 aliphatic carbocycles. The van der Waals surface area contributed by atoms with Crippen LogP contribution in [0.15, 0.2) is 24.4 Å². The Morgan fingerprint density at radius 2 is 2.21 bits per heavy atom. The highest BCUT2D eigenvalue weighted by molar-refractivity contribution is 5.06. The van der Waals surface area contributed by atoms with Crippen molar-refractivity contribution in [2.75, 3.05) is 13.6 Å². The van der Waals surface area contributed by atoms with Gasteiger partial charge in [0.1, 0.15) is 0 Å². The molecule has 1 aliphatic rings. The fourth-order valence-electron chi connectivity index (χ4n) is 3.60. The minimum Gasteiger partial charge on any atom is -0.329 e. The molecule has 106 valence electrons. The molecule has 1 aromatic rings. The molecular formula is C16H27N3. The lowest BCUT2D eigenvalue weighted by Crippen LogP contribution is -2.58. The van der Waals surface area contributed by atoms with E-state index in [9.17, 15) is 0 Å². The molecular weight excluding hydrogens is 234 g/mol. The average molecular weight is 261 g/mol. The van der Waals surface area contributed by atoms with Crippen molar-refractivity contribution in [3.05, 3.63) is 30.1 Å². The number of pyridine rings is 1. The van der Waals surface area contributed by atoms with Gasteiger partial charge >= 0.3 is 0 Å². The van der Waals surface area contributed by atoms with E-state index in [4.69, 9.17) is 5.73 Å². The third-order valence-electron chi connectivity index (χ3n) is 4.98. The van der Waals surface area contributed by atoms with Gasteiger partial charge in [0, 0.05) is 24.8 Å². The molecule has 0 saturated heterocycles. The Morgan fingerprint density at radius 3 is 2.79 bits per heavy atom. The van der Waals surface area contributed by atoms with Crippen molar-refractivity contribution in [3.8, 4) is 0 Å². The van der Waals surface area contributed by atoms with Gasteiger partial charge in [0.05, 0.1) is 5.69 Å². The summed E-state index contributed by atoms with van der Waals surface area (Å²) in [7, 11) is 2.20. The van der Waals surface area contributed by atoms with Gasteiger partial charge in [-0.15, -0.1) is 0 Å². The zero-order valence-electron chi connectivity index (χ0n) is 12.5. The molecule has 0 amide bonds. The van der Waals surface area contributed by atoms with Gasteiger partial charge in [0.2, 0.25) is 0 Å². The van der Waals surface area contributed by atoms with Gasteiger partial charge in [0.15, 0.2) is 0 Å². The molecule has 3 nitrogen and oxygen atoms in total. The van der Waals surface area contributed by atoms with Crippen LogP contribution in [0.5, 0.6) is 0 Å². The van der Waals surface area contributed by atoms with E-state index in [-0.39, 0.29) is 5.54 Å². The predicted molar refractivity (Wildman–Crippen MR) is 79.7 cm³/mol. The van der Waals surface area contributed by atoms with Gasteiger partial charge in [-0.05, 0) is 50.3 Å². The second-order valence-electron chi connectivity index (χ2n) is 6.27. The highest BCUT2D eigenvalue weighted by Crippen LogP contribution is 2.40. The molecule has 1 fully saturated rings. The van der Waals surface area contributed by atoms with Gasteiger partial charge in [0.25, 0.3) is 0 Å². The number of nitrogens with zero attached hydrogens (tertiary/aromatic N) is 2. The zero-order valence-corrected chi connectivity index (χ0v) is 12.5. The minimum atomic E-state index is 0.143. The summed E-state index contributed by atoms with van der Waals surface area (Å²) in [5.41, 5.74) is 7.44. The summed E-state index contributed by atoms with van der Waals surface area (Å²) >= 11 is 0. The lowest BCUT2D eigenvalue weighted by molar-refractivity contribution is 0.0121. The molecule has 2 rings (SSSR count). The van der Waals surface area contributed by atoms with E-state index < -0.39 is 0 Å². The molecule has 0 aliphatic heterocycles. The second kappa shape index (κ2) is 6.02. The quantitative estimate of drug-likeness (QED) is 0.906. The first kappa shape index (κ1) is 14.5. The van der Waals surface area contributed by atoms with E-state index in [0.717, 1.165) is 24.7 Å². The van der Waals surface area contributed by atoms with Crippen LogP contribution in [0.4, 0.5) is 0 Å². The van der Waals surface area contributed by atoms with Crippen molar-refractivity contribution in [2.45, 2.75) is 45.2 Å². The van der Waals surface area contributed by atoms with Crippen molar-refractivity contribution in [3.63, 3.8) is 0 Å². The monoisotopic (exact) mass is 261 g/mol. The molecule has 1 saturated carbocycles. The molecule has 3 atom stereocenters. The minimum absolute atomic E-state index is 0.143. The summed E-state index contributed by atoms with van der Waals surface area (Å²) in [6.07, 6.45) is 5.64. The molecule has 0 bridgehead atoms. The molecule has 1 heterocycles. The summed E-state index contributed by atoms with van der Waals surface area (Å²) in [4.78, 5) is 6.87. The van der Waals surface area contributed by atoms with Crippen molar-refractivity contribution in [1.29, 1.82) is 0 Å². The first-order chi connectivity index (χ1) is 9.08. The van der Waals surface area contributed by atoms with Crippen LogP contribution in [0.1, 0.15) is 38.8 Å². The van der Waals surface area contributed by atoms with Gasteiger partial charge in [-0.2, -0.15) is 0 Å². The topological polar surface area (TPSA) is 42.1 Å². The molecule has 3 heteroatoms. The smallest absolute Gasteiger partial charge is 0.0544 e. The normalized spacial score (nSPS) is 31.6. The Balaban J connectivity index is 2.12. The number of aromatic nitrogens is 1. The van der Waals surface area contributed by atoms with Crippen molar-refractivity contribution >= 4 is 0 Å². The van der Waals surface area contributed by atoms with E-state index in [1.807, 2.05) is 12.3 Å². The number of likely N-dealkylation sites (N-methyl/N-ethyl adjacent to an activating group) is 1. The maximum Gasteiger partial charge on any atom is 0.0544 e. The Bertz CT molecular complexity index is 392. The molecule has 19 heavy (non-hydrogen) atoms. The van der Waals surface area contributed by atoms with Crippen LogP contribution < -0.4 is 5.73 Å². The largest absolute Gasteiger partial charge is 0.329 e. The number of rotatable bonds is 4. The summed E-state index contributed by atoms with van der Waals surface area (Å²) in [5.74, 6) is 1.48. The predicted octanol–water partition coefficient (Wildman–Crippen LogP) is 2.67. The van der Waals surface area contributed by atoms with E-state index in [2.05, 4.69) is 42.9 Å². The van der Waals surface area contributed by atoms with Crippen LogP contribution in [-0.2, 0) is 6.54 Å². The van der Waals surface area contributed by atoms with Crippen LogP contribution in [-0.4, -0.2) is 29.0 Å². The van der Waals surface area contributed by atoms with Gasteiger partial charge in [-0.3, -0.25) is 9.88 Å². The molecule has 2 N–H and O–H groups in total. The first-order valence-electron chi connectivity index (χ1n) is 7.39. The molecule has 1 aromatic heterocycles. The summed E-state index contributed by atoms with van der Waals surface area (Å²) in [6, 6.07) is 6.11. The van der Waals surface area contributed by atoms with Crippen molar-refractivity contribution in [2.24, 2.45) is 17.6 Å². The van der Waals surface area contributed by atoms with Crippen molar-refractivity contribution in [1.82, 2.24) is 9.88 Å². The third-order valence-corrected chi connectivity index (χ3v) is 4.98. The SMILES string of the molecule is CC1CCC(CN)(N(C)Cc2ccccn2)C(C)C1. The van der Waals surface area contributed by atoms with E-state index in [0.29, 0.717) is 5.92 Å². The fourth-order valence-corrected chi connectivity index (χ4v) is 3.60. The van der Waals surface area contributed by atoms with Crippen LogP contribution >= 0.6 is 0 Å². The lowest BCUT2D eigenvalue weighted by Gasteiger charge is -2.50. The molecule has 0 spiro atoms. The highest BCUT2D eigenvalue weighted by Gasteiger charge is 2.42. The van der Waals surface area contributed by atoms with Crippen LogP contribution in [0.25, 0.3) is 0 Å². The second-order valence-corrected chi connectivity index (χ2v) is 6.27. The summed E-state index contributed by atoms with van der Waals surface area (Å²) in [5, 5.41) is 0. The maximum atomic E-state index is 6.17. The first-order valence-corrected chi connectivity index (χ1v) is 7.39. The Hall–Kier alpha value is -0.930. The van der Waals surface area contributed by atoms with E-state index >= 15 is 0 Å². The standard InChI is InChI=1S/C16H27N3/c1-13-7-8-16(12-17,14(2)10-13)19(3)11-15-6-4-5-9-18-15/h4-6,9,13-14H,7-8,10-12,17H2,1-3H3. The average Bonchev–Trinajstić information content (AvgIpc) is 2.40. The number of hydrogen-bond acceptors (Lipinski definition) is 3. The van der Waals surface area contributed by atoms with Crippen molar-refractivity contribution < 1.29 is 0 Å². The summed E-state index contributed by atoms with van der Waals surface area (Å²) in [6.45, 7) is 6.34. The Labute approximate surface area is 117 Å². The van der Waals surface area contributed by atoms with Crippen LogP contribution in [0.2, 0.25) is 0 Å². The third kappa shape index (κ3) is 2.98.